The van der Waals surface area contributed by atoms with Gasteiger partial charge >= 0.3 is 6.03 Å². The molecule has 1 aromatic carbocycles. The van der Waals surface area contributed by atoms with Crippen LogP contribution in [0.25, 0.3) is 0 Å². The number of hydrogen-bond acceptors (Lipinski definition) is 5. The fraction of sp³-hybridized carbons (Fsp3) is 0.471. The molecule has 0 bridgehead atoms. The standard InChI is InChI=1S/C17H20N4O3/c1-12-18-19-16(24-12)15-10-13-4-2-3-5-14(13)11-21(15)17(22)20-6-8-23-9-7-20/h2-5,15H,6-11H2,1H3/t15-/m0/s1. The van der Waals surface area contributed by atoms with Crippen molar-refractivity contribution in [2.75, 3.05) is 26.3 Å². The smallest absolute Gasteiger partial charge is 0.321 e. The summed E-state index contributed by atoms with van der Waals surface area (Å²) in [7, 11) is 0. The van der Waals surface area contributed by atoms with Crippen LogP contribution in [0.3, 0.4) is 0 Å². The summed E-state index contributed by atoms with van der Waals surface area (Å²) in [5, 5.41) is 8.10. The van der Waals surface area contributed by atoms with Gasteiger partial charge in [0.05, 0.1) is 13.2 Å². The minimum Gasteiger partial charge on any atom is -0.423 e. The van der Waals surface area contributed by atoms with Gasteiger partial charge in [-0.2, -0.15) is 0 Å². The second-order valence-electron chi connectivity index (χ2n) is 6.16. The molecule has 1 saturated heterocycles. The maximum atomic E-state index is 13.1. The third-order valence-electron chi connectivity index (χ3n) is 4.60. The molecule has 1 fully saturated rings. The number of fused-ring (bicyclic) bond motifs is 1. The number of rotatable bonds is 1. The maximum Gasteiger partial charge on any atom is 0.321 e. The topological polar surface area (TPSA) is 71.7 Å². The van der Waals surface area contributed by atoms with Gasteiger partial charge in [0, 0.05) is 33.0 Å². The first-order valence-corrected chi connectivity index (χ1v) is 8.22. The molecule has 0 aliphatic carbocycles. The van der Waals surface area contributed by atoms with Gasteiger partial charge in [-0.15, -0.1) is 10.2 Å². The van der Waals surface area contributed by atoms with Crippen molar-refractivity contribution < 1.29 is 13.9 Å². The molecule has 0 saturated carbocycles. The van der Waals surface area contributed by atoms with Gasteiger partial charge in [0.2, 0.25) is 11.8 Å². The lowest BCUT2D eigenvalue weighted by Gasteiger charge is -2.39. The van der Waals surface area contributed by atoms with E-state index in [1.807, 2.05) is 21.9 Å². The van der Waals surface area contributed by atoms with Crippen molar-refractivity contribution in [1.29, 1.82) is 0 Å². The summed E-state index contributed by atoms with van der Waals surface area (Å²) in [6, 6.07) is 7.99. The Morgan fingerprint density at radius 3 is 2.62 bits per heavy atom. The van der Waals surface area contributed by atoms with Crippen LogP contribution in [0.2, 0.25) is 0 Å². The molecule has 24 heavy (non-hydrogen) atoms. The summed E-state index contributed by atoms with van der Waals surface area (Å²) in [6.45, 7) is 4.72. The van der Waals surface area contributed by atoms with E-state index in [9.17, 15) is 4.79 Å². The molecule has 0 N–H and O–H groups in total. The zero-order valence-electron chi connectivity index (χ0n) is 13.6. The molecule has 2 aliphatic heterocycles. The predicted octanol–water partition coefficient (Wildman–Crippen LogP) is 1.93. The number of morpholine rings is 1. The molecule has 126 valence electrons. The Hall–Kier alpha value is -2.41. The lowest BCUT2D eigenvalue weighted by molar-refractivity contribution is 0.0349. The average Bonchev–Trinajstić information content (AvgIpc) is 3.07. The summed E-state index contributed by atoms with van der Waals surface area (Å²) in [5.41, 5.74) is 2.40. The Kier molecular flexibility index (Phi) is 3.93. The summed E-state index contributed by atoms with van der Waals surface area (Å²) in [5.74, 6) is 1.02. The molecular weight excluding hydrogens is 308 g/mol. The van der Waals surface area contributed by atoms with Crippen molar-refractivity contribution in [3.8, 4) is 0 Å². The monoisotopic (exact) mass is 328 g/mol. The summed E-state index contributed by atoms with van der Waals surface area (Å²) in [4.78, 5) is 16.7. The molecule has 1 atom stereocenters. The molecule has 2 amide bonds. The van der Waals surface area contributed by atoms with Crippen molar-refractivity contribution in [3.05, 3.63) is 47.2 Å². The molecule has 0 spiro atoms. The summed E-state index contributed by atoms with van der Waals surface area (Å²) in [6.07, 6.45) is 0.688. The number of aryl methyl sites for hydroxylation is 1. The Labute approximate surface area is 140 Å². The maximum absolute atomic E-state index is 13.1. The molecule has 7 heteroatoms. The molecule has 2 aromatic rings. The normalized spacial score (nSPS) is 20.8. The summed E-state index contributed by atoms with van der Waals surface area (Å²) >= 11 is 0. The van der Waals surface area contributed by atoms with Crippen LogP contribution in [0.5, 0.6) is 0 Å². The van der Waals surface area contributed by atoms with E-state index in [2.05, 4.69) is 22.3 Å². The van der Waals surface area contributed by atoms with Crippen LogP contribution < -0.4 is 0 Å². The largest absolute Gasteiger partial charge is 0.423 e. The van der Waals surface area contributed by atoms with Crippen LogP contribution in [-0.4, -0.2) is 52.3 Å². The number of nitrogens with zero attached hydrogens (tertiary/aromatic N) is 4. The minimum atomic E-state index is -0.226. The Morgan fingerprint density at radius 2 is 1.92 bits per heavy atom. The predicted molar refractivity (Wildman–Crippen MR) is 85.3 cm³/mol. The van der Waals surface area contributed by atoms with E-state index < -0.39 is 0 Å². The van der Waals surface area contributed by atoms with E-state index in [0.717, 1.165) is 0 Å². The fourth-order valence-corrected chi connectivity index (χ4v) is 3.33. The van der Waals surface area contributed by atoms with E-state index >= 15 is 0 Å². The van der Waals surface area contributed by atoms with Crippen LogP contribution in [0.15, 0.2) is 28.7 Å². The molecule has 2 aliphatic rings. The zero-order chi connectivity index (χ0) is 16.5. The van der Waals surface area contributed by atoms with Gasteiger partial charge in [-0.05, 0) is 11.1 Å². The van der Waals surface area contributed by atoms with E-state index in [1.54, 1.807) is 6.92 Å². The van der Waals surface area contributed by atoms with Crippen LogP contribution >= 0.6 is 0 Å². The molecule has 1 aromatic heterocycles. The average molecular weight is 328 g/mol. The summed E-state index contributed by atoms with van der Waals surface area (Å²) < 4.78 is 11.0. The van der Waals surface area contributed by atoms with Crippen molar-refractivity contribution in [2.24, 2.45) is 0 Å². The van der Waals surface area contributed by atoms with Crippen LogP contribution in [-0.2, 0) is 17.7 Å². The molecule has 0 unspecified atom stereocenters. The number of benzene rings is 1. The first-order chi connectivity index (χ1) is 11.7. The highest BCUT2D eigenvalue weighted by Gasteiger charge is 2.36. The van der Waals surface area contributed by atoms with Gasteiger partial charge in [-0.1, -0.05) is 24.3 Å². The first-order valence-electron chi connectivity index (χ1n) is 8.22. The molecule has 4 rings (SSSR count). The Morgan fingerprint density at radius 1 is 1.17 bits per heavy atom. The second-order valence-corrected chi connectivity index (χ2v) is 6.16. The van der Waals surface area contributed by atoms with Gasteiger partial charge < -0.3 is 19.0 Å². The van der Waals surface area contributed by atoms with Crippen molar-refractivity contribution >= 4 is 6.03 Å². The number of aromatic nitrogens is 2. The third-order valence-corrected chi connectivity index (χ3v) is 4.60. The number of carbonyl (C=O) groups excluding carboxylic acids is 1. The first kappa shape index (κ1) is 15.1. The van der Waals surface area contributed by atoms with Gasteiger partial charge in [0.1, 0.15) is 6.04 Å². The molecule has 3 heterocycles. The number of amides is 2. The van der Waals surface area contributed by atoms with Gasteiger partial charge in [0.25, 0.3) is 0 Å². The van der Waals surface area contributed by atoms with E-state index in [4.69, 9.17) is 9.15 Å². The van der Waals surface area contributed by atoms with E-state index in [0.29, 0.717) is 51.1 Å². The van der Waals surface area contributed by atoms with Gasteiger partial charge in [-0.3, -0.25) is 0 Å². The fourth-order valence-electron chi connectivity index (χ4n) is 3.33. The number of urea groups is 1. The lowest BCUT2D eigenvalue weighted by Crippen LogP contribution is -2.50. The van der Waals surface area contributed by atoms with Crippen molar-refractivity contribution in [1.82, 2.24) is 20.0 Å². The van der Waals surface area contributed by atoms with Crippen LogP contribution in [0.1, 0.15) is 29.0 Å². The van der Waals surface area contributed by atoms with E-state index in [1.165, 1.54) is 11.1 Å². The lowest BCUT2D eigenvalue weighted by atomic mass is 9.94. The van der Waals surface area contributed by atoms with Crippen molar-refractivity contribution in [3.63, 3.8) is 0 Å². The third kappa shape index (κ3) is 2.75. The molecule has 7 nitrogen and oxygen atoms in total. The molecular formula is C17H20N4O3. The van der Waals surface area contributed by atoms with Gasteiger partial charge in [-0.25, -0.2) is 4.79 Å². The highest BCUT2D eigenvalue weighted by Crippen LogP contribution is 2.33. The SMILES string of the molecule is Cc1nnc([C@@H]2Cc3ccccc3CN2C(=O)N2CCOCC2)o1. The van der Waals surface area contributed by atoms with Crippen molar-refractivity contribution in [2.45, 2.75) is 25.9 Å². The zero-order valence-corrected chi connectivity index (χ0v) is 13.6. The van der Waals surface area contributed by atoms with Gasteiger partial charge in [0.15, 0.2) is 0 Å². The van der Waals surface area contributed by atoms with E-state index in [-0.39, 0.29) is 12.1 Å². The Bertz CT molecular complexity index is 739. The second kappa shape index (κ2) is 6.24. The van der Waals surface area contributed by atoms with Crippen LogP contribution in [0.4, 0.5) is 4.79 Å². The number of carbonyl (C=O) groups is 1. The number of hydrogen-bond donors (Lipinski definition) is 0. The minimum absolute atomic E-state index is 0.00801. The highest BCUT2D eigenvalue weighted by atomic mass is 16.5. The number of ether oxygens (including phenoxy) is 1. The highest BCUT2D eigenvalue weighted by molar-refractivity contribution is 5.75. The quantitative estimate of drug-likeness (QED) is 0.800. The van der Waals surface area contributed by atoms with Crippen LogP contribution in [0, 0.1) is 6.92 Å². The Balaban J connectivity index is 1.66. The molecule has 0 radical (unpaired) electrons.